The maximum Gasteiger partial charge on any atom is 0.321 e. The van der Waals surface area contributed by atoms with Crippen molar-refractivity contribution in [1.82, 2.24) is 9.80 Å². The molecule has 0 aromatic heterocycles. The molecule has 0 spiro atoms. The molecule has 0 saturated carbocycles. The van der Waals surface area contributed by atoms with Gasteiger partial charge < -0.3 is 15.1 Å². The number of urea groups is 1. The second kappa shape index (κ2) is 9.09. The van der Waals surface area contributed by atoms with Crippen LogP contribution in [0, 0.1) is 5.92 Å². The summed E-state index contributed by atoms with van der Waals surface area (Å²) in [6, 6.07) is 6.49. The maximum absolute atomic E-state index is 12.8. The molecule has 0 bridgehead atoms. The molecular weight excluding hydrogens is 334 g/mol. The topological polar surface area (TPSA) is 35.6 Å². The number of anilines is 1. The first-order chi connectivity index (χ1) is 13.3. The number of piperidine rings is 1. The zero-order valence-electron chi connectivity index (χ0n) is 16.7. The Labute approximate surface area is 164 Å². The third-order valence-electron chi connectivity index (χ3n) is 6.75. The van der Waals surface area contributed by atoms with E-state index in [2.05, 4.69) is 28.4 Å². The van der Waals surface area contributed by atoms with Gasteiger partial charge in [-0.25, -0.2) is 4.79 Å². The molecule has 0 atom stereocenters. The van der Waals surface area contributed by atoms with Gasteiger partial charge in [0.25, 0.3) is 0 Å². The van der Waals surface area contributed by atoms with Crippen molar-refractivity contribution in [2.75, 3.05) is 38.0 Å². The Morgan fingerprint density at radius 2 is 1.67 bits per heavy atom. The smallest absolute Gasteiger partial charge is 0.321 e. The van der Waals surface area contributed by atoms with Gasteiger partial charge in [-0.3, -0.25) is 0 Å². The van der Waals surface area contributed by atoms with Crippen molar-refractivity contribution in [2.24, 2.45) is 5.92 Å². The highest BCUT2D eigenvalue weighted by Gasteiger charge is 2.25. The van der Waals surface area contributed by atoms with Gasteiger partial charge in [0.15, 0.2) is 0 Å². The number of hydrogen-bond donors (Lipinski definition) is 1. The van der Waals surface area contributed by atoms with E-state index in [4.69, 9.17) is 0 Å². The lowest BCUT2D eigenvalue weighted by molar-refractivity contribution is 0.155. The van der Waals surface area contributed by atoms with Crippen LogP contribution < -0.4 is 5.32 Å². The Kier molecular flexibility index (Phi) is 6.33. The number of carbonyl (C=O) groups is 1. The molecule has 1 aromatic carbocycles. The van der Waals surface area contributed by atoms with Crippen LogP contribution in [0.25, 0.3) is 0 Å². The first kappa shape index (κ1) is 18.8. The van der Waals surface area contributed by atoms with Crippen molar-refractivity contribution in [2.45, 2.75) is 64.2 Å². The van der Waals surface area contributed by atoms with Crippen molar-refractivity contribution in [1.29, 1.82) is 0 Å². The maximum atomic E-state index is 12.8. The molecule has 0 unspecified atom stereocenters. The number of hydrogen-bond acceptors (Lipinski definition) is 2. The monoisotopic (exact) mass is 369 g/mol. The van der Waals surface area contributed by atoms with Crippen LogP contribution in [0.1, 0.15) is 62.5 Å². The summed E-state index contributed by atoms with van der Waals surface area (Å²) in [5.41, 5.74) is 3.84. The Balaban J connectivity index is 1.28. The Hall–Kier alpha value is -1.55. The molecular formula is C23H35N3O. The summed E-state index contributed by atoms with van der Waals surface area (Å²) in [7, 11) is 0. The predicted molar refractivity (Wildman–Crippen MR) is 111 cm³/mol. The van der Waals surface area contributed by atoms with Gasteiger partial charge in [0, 0.05) is 25.3 Å². The summed E-state index contributed by atoms with van der Waals surface area (Å²) in [5, 5.41) is 3.22. The highest BCUT2D eigenvalue weighted by molar-refractivity contribution is 5.90. The van der Waals surface area contributed by atoms with Crippen LogP contribution in [0.15, 0.2) is 18.2 Å². The van der Waals surface area contributed by atoms with Gasteiger partial charge in [-0.15, -0.1) is 0 Å². The number of benzene rings is 1. The van der Waals surface area contributed by atoms with E-state index >= 15 is 0 Å². The van der Waals surface area contributed by atoms with Crippen LogP contribution in [-0.2, 0) is 12.8 Å². The standard InChI is InChI=1S/C23H35N3O/c27-23(24-22-11-7-9-20-8-3-4-10-21(20)22)26-16-12-19(13-17-26)18-25-14-5-1-2-6-15-25/h7,9,11,19H,1-6,8,10,12-18H2,(H,24,27). The zero-order chi connectivity index (χ0) is 18.5. The third kappa shape index (κ3) is 4.84. The highest BCUT2D eigenvalue weighted by atomic mass is 16.2. The number of amides is 2. The third-order valence-corrected chi connectivity index (χ3v) is 6.75. The Bertz CT molecular complexity index is 629. The van der Waals surface area contributed by atoms with Gasteiger partial charge in [0.1, 0.15) is 0 Å². The van der Waals surface area contributed by atoms with E-state index in [0.717, 1.165) is 50.4 Å². The van der Waals surface area contributed by atoms with Gasteiger partial charge in [0.2, 0.25) is 0 Å². The number of rotatable bonds is 3. The van der Waals surface area contributed by atoms with Gasteiger partial charge in [-0.05, 0) is 87.6 Å². The molecule has 4 heteroatoms. The lowest BCUT2D eigenvalue weighted by Crippen LogP contribution is -2.43. The van der Waals surface area contributed by atoms with E-state index in [1.54, 1.807) is 0 Å². The summed E-state index contributed by atoms with van der Waals surface area (Å²) < 4.78 is 0. The lowest BCUT2D eigenvalue weighted by Gasteiger charge is -2.35. The van der Waals surface area contributed by atoms with Crippen molar-refractivity contribution in [3.05, 3.63) is 29.3 Å². The summed E-state index contributed by atoms with van der Waals surface area (Å²) >= 11 is 0. The number of likely N-dealkylation sites (tertiary alicyclic amines) is 2. The molecule has 1 aromatic rings. The zero-order valence-corrected chi connectivity index (χ0v) is 16.7. The fourth-order valence-corrected chi connectivity index (χ4v) is 5.10. The Morgan fingerprint density at radius 1 is 0.926 bits per heavy atom. The van der Waals surface area contributed by atoms with Crippen molar-refractivity contribution in [3.63, 3.8) is 0 Å². The SMILES string of the molecule is O=C(Nc1cccc2c1CCCC2)N1CCC(CN2CCCCCC2)CC1. The minimum atomic E-state index is 0.0993. The van der Waals surface area contributed by atoms with Crippen LogP contribution in [0.5, 0.6) is 0 Å². The number of nitrogens with zero attached hydrogens (tertiary/aromatic N) is 2. The van der Waals surface area contributed by atoms with Gasteiger partial charge in [-0.2, -0.15) is 0 Å². The predicted octanol–water partition coefficient (Wildman–Crippen LogP) is 4.69. The molecule has 148 valence electrons. The molecule has 2 aliphatic heterocycles. The number of fused-ring (bicyclic) bond motifs is 1. The van der Waals surface area contributed by atoms with E-state index in [0.29, 0.717) is 0 Å². The minimum Gasteiger partial charge on any atom is -0.325 e. The van der Waals surface area contributed by atoms with Gasteiger partial charge >= 0.3 is 6.03 Å². The van der Waals surface area contributed by atoms with Crippen molar-refractivity contribution in [3.8, 4) is 0 Å². The van der Waals surface area contributed by atoms with E-state index in [1.807, 2.05) is 4.90 Å². The Morgan fingerprint density at radius 3 is 2.44 bits per heavy atom. The minimum absolute atomic E-state index is 0.0993. The molecule has 3 aliphatic rings. The fourth-order valence-electron chi connectivity index (χ4n) is 5.10. The lowest BCUT2D eigenvalue weighted by atomic mass is 9.90. The summed E-state index contributed by atoms with van der Waals surface area (Å²) in [6.45, 7) is 5.60. The molecule has 1 aliphatic carbocycles. The van der Waals surface area contributed by atoms with Crippen LogP contribution in [0.4, 0.5) is 10.5 Å². The normalized spacial score (nSPS) is 22.1. The quantitative estimate of drug-likeness (QED) is 0.839. The van der Waals surface area contributed by atoms with Crippen molar-refractivity contribution >= 4 is 11.7 Å². The van der Waals surface area contributed by atoms with E-state index in [1.165, 1.54) is 69.3 Å². The van der Waals surface area contributed by atoms with Gasteiger partial charge in [0.05, 0.1) is 0 Å². The molecule has 1 N–H and O–H groups in total. The first-order valence-corrected chi connectivity index (χ1v) is 11.2. The summed E-state index contributed by atoms with van der Waals surface area (Å²) in [5.74, 6) is 0.761. The van der Waals surface area contributed by atoms with Crippen LogP contribution >= 0.6 is 0 Å². The number of aryl methyl sites for hydroxylation is 1. The second-order valence-corrected chi connectivity index (χ2v) is 8.73. The van der Waals surface area contributed by atoms with Crippen LogP contribution in [-0.4, -0.2) is 48.6 Å². The summed E-state index contributed by atoms with van der Waals surface area (Å²) in [4.78, 5) is 17.5. The molecule has 4 rings (SSSR count). The molecule has 2 saturated heterocycles. The average molecular weight is 370 g/mol. The number of nitrogens with one attached hydrogen (secondary N) is 1. The molecule has 2 heterocycles. The molecule has 27 heavy (non-hydrogen) atoms. The summed E-state index contributed by atoms with van der Waals surface area (Å²) in [6.07, 6.45) is 12.6. The highest BCUT2D eigenvalue weighted by Crippen LogP contribution is 2.28. The molecule has 2 fully saturated rings. The van der Waals surface area contributed by atoms with E-state index < -0.39 is 0 Å². The molecule has 4 nitrogen and oxygen atoms in total. The second-order valence-electron chi connectivity index (χ2n) is 8.73. The average Bonchev–Trinajstić information content (AvgIpc) is 2.97. The molecule has 0 radical (unpaired) electrons. The molecule has 2 amide bonds. The van der Waals surface area contributed by atoms with Crippen molar-refractivity contribution < 1.29 is 4.79 Å². The van der Waals surface area contributed by atoms with Crippen LogP contribution in [0.3, 0.4) is 0 Å². The van der Waals surface area contributed by atoms with Crippen LogP contribution in [0.2, 0.25) is 0 Å². The van der Waals surface area contributed by atoms with E-state index in [-0.39, 0.29) is 6.03 Å². The number of carbonyl (C=O) groups excluding carboxylic acids is 1. The fraction of sp³-hybridized carbons (Fsp3) is 0.696. The first-order valence-electron chi connectivity index (χ1n) is 11.2. The van der Waals surface area contributed by atoms with E-state index in [9.17, 15) is 4.79 Å². The largest absolute Gasteiger partial charge is 0.325 e. The van der Waals surface area contributed by atoms with Gasteiger partial charge in [-0.1, -0.05) is 25.0 Å².